The molecule has 86 valence electrons. The van der Waals surface area contributed by atoms with Gasteiger partial charge in [-0.25, -0.2) is 0 Å². The van der Waals surface area contributed by atoms with Crippen LogP contribution in [0.3, 0.4) is 0 Å². The van der Waals surface area contributed by atoms with Crippen LogP contribution in [0.1, 0.15) is 32.6 Å². The normalized spacial score (nSPS) is 16.6. The first-order valence-electron chi connectivity index (χ1n) is 4.56. The summed E-state index contributed by atoms with van der Waals surface area (Å²) in [6.07, 6.45) is 1.26. The summed E-state index contributed by atoms with van der Waals surface area (Å²) >= 11 is 0. The zero-order valence-corrected chi connectivity index (χ0v) is 9.13. The Balaban J connectivity index is 4.41. The summed E-state index contributed by atoms with van der Waals surface area (Å²) in [5, 5.41) is 17.2. The van der Waals surface area contributed by atoms with Crippen molar-refractivity contribution in [3.63, 3.8) is 0 Å². The van der Waals surface area contributed by atoms with Crippen molar-refractivity contribution in [2.24, 2.45) is 0 Å². The lowest BCUT2D eigenvalue weighted by molar-refractivity contribution is 0.249. The first-order valence-corrected chi connectivity index (χ1v) is 6.00. The molecule has 1 unspecified atom stereocenters. The molecule has 0 radical (unpaired) electrons. The van der Waals surface area contributed by atoms with Gasteiger partial charge in [0, 0.05) is 13.2 Å². The van der Waals surface area contributed by atoms with Gasteiger partial charge in [-0.3, -0.25) is 4.55 Å². The van der Waals surface area contributed by atoms with E-state index >= 15 is 0 Å². The molecule has 0 aromatic heterocycles. The van der Waals surface area contributed by atoms with E-state index in [9.17, 15) is 8.42 Å². The molecule has 14 heavy (non-hydrogen) atoms. The van der Waals surface area contributed by atoms with Gasteiger partial charge in [-0.15, -0.1) is 0 Å². The van der Waals surface area contributed by atoms with Crippen LogP contribution in [0.4, 0.5) is 0 Å². The number of aliphatic hydroxyl groups excluding tert-OH is 2. The average molecular weight is 226 g/mol. The van der Waals surface area contributed by atoms with Crippen molar-refractivity contribution in [2.75, 3.05) is 13.2 Å². The van der Waals surface area contributed by atoms with Crippen molar-refractivity contribution in [1.82, 2.24) is 0 Å². The second kappa shape index (κ2) is 5.65. The molecule has 0 aromatic rings. The number of unbranched alkanes of at least 4 members (excludes halogenated alkanes) is 1. The van der Waals surface area contributed by atoms with Gasteiger partial charge in [0.2, 0.25) is 0 Å². The van der Waals surface area contributed by atoms with Crippen molar-refractivity contribution in [2.45, 2.75) is 37.4 Å². The Bertz CT molecular complexity index is 248. The SMILES string of the molecule is CC(CCO)(CCCCO)S(=O)(=O)O. The molecule has 0 heterocycles. The smallest absolute Gasteiger partial charge is 0.270 e. The molecule has 0 fully saturated rings. The standard InChI is InChI=1S/C8H18O5S/c1-8(5-7-10,14(11,12)13)4-2-3-6-9/h9-10H,2-7H2,1H3,(H,11,12,13). The molecule has 5 nitrogen and oxygen atoms in total. The van der Waals surface area contributed by atoms with Crippen LogP contribution >= 0.6 is 0 Å². The molecule has 0 amide bonds. The van der Waals surface area contributed by atoms with Crippen molar-refractivity contribution in [1.29, 1.82) is 0 Å². The van der Waals surface area contributed by atoms with Gasteiger partial charge in [-0.2, -0.15) is 8.42 Å². The van der Waals surface area contributed by atoms with E-state index < -0.39 is 14.9 Å². The largest absolute Gasteiger partial charge is 0.396 e. The van der Waals surface area contributed by atoms with Crippen LogP contribution in [0.2, 0.25) is 0 Å². The Morgan fingerprint density at radius 2 is 1.64 bits per heavy atom. The van der Waals surface area contributed by atoms with Gasteiger partial charge in [-0.1, -0.05) is 0 Å². The Morgan fingerprint density at radius 3 is 2.00 bits per heavy atom. The van der Waals surface area contributed by atoms with Crippen LogP contribution in [0.25, 0.3) is 0 Å². The lowest BCUT2D eigenvalue weighted by atomic mass is 10.00. The molecule has 0 aromatic carbocycles. The predicted octanol–water partition coefficient (Wildman–Crippen LogP) is 0.178. The average Bonchev–Trinajstić information content (AvgIpc) is 2.03. The van der Waals surface area contributed by atoms with Crippen molar-refractivity contribution in [3.8, 4) is 0 Å². The number of hydrogen-bond donors (Lipinski definition) is 3. The highest BCUT2D eigenvalue weighted by Gasteiger charge is 2.36. The molecule has 0 saturated heterocycles. The first kappa shape index (κ1) is 13.8. The molecule has 0 aliphatic rings. The first-order chi connectivity index (χ1) is 6.37. The fourth-order valence-electron chi connectivity index (χ4n) is 1.23. The molecule has 1 atom stereocenters. The number of rotatable bonds is 7. The van der Waals surface area contributed by atoms with E-state index in [0.717, 1.165) is 0 Å². The zero-order valence-electron chi connectivity index (χ0n) is 8.31. The van der Waals surface area contributed by atoms with Crippen LogP contribution in [0, 0.1) is 0 Å². The molecule has 6 heteroatoms. The van der Waals surface area contributed by atoms with E-state index in [1.807, 2.05) is 0 Å². The van der Waals surface area contributed by atoms with Crippen molar-refractivity contribution in [3.05, 3.63) is 0 Å². The van der Waals surface area contributed by atoms with Crippen LogP contribution in [-0.4, -0.2) is 41.1 Å². The van der Waals surface area contributed by atoms with Gasteiger partial charge in [0.15, 0.2) is 0 Å². The Morgan fingerprint density at radius 1 is 1.07 bits per heavy atom. The van der Waals surface area contributed by atoms with E-state index in [1.54, 1.807) is 0 Å². The summed E-state index contributed by atoms with van der Waals surface area (Å²) in [6, 6.07) is 0. The summed E-state index contributed by atoms with van der Waals surface area (Å²) in [5.41, 5.74) is 0. The Kier molecular flexibility index (Phi) is 5.58. The van der Waals surface area contributed by atoms with E-state index in [1.165, 1.54) is 6.92 Å². The minimum absolute atomic E-state index is 0.000676. The highest BCUT2D eigenvalue weighted by molar-refractivity contribution is 7.87. The summed E-state index contributed by atoms with van der Waals surface area (Å²) in [7, 11) is -4.15. The Labute approximate surface area is 84.5 Å². The molecular formula is C8H18O5S. The highest BCUT2D eigenvalue weighted by atomic mass is 32.2. The van der Waals surface area contributed by atoms with E-state index in [0.29, 0.717) is 12.8 Å². The van der Waals surface area contributed by atoms with Gasteiger partial charge in [0.1, 0.15) is 0 Å². The predicted molar refractivity (Wildman–Crippen MR) is 52.6 cm³/mol. The molecule has 0 spiro atoms. The molecule has 0 bridgehead atoms. The van der Waals surface area contributed by atoms with E-state index in [4.69, 9.17) is 14.8 Å². The highest BCUT2D eigenvalue weighted by Crippen LogP contribution is 2.26. The van der Waals surface area contributed by atoms with Crippen LogP contribution in [0.15, 0.2) is 0 Å². The van der Waals surface area contributed by atoms with Crippen molar-refractivity contribution >= 4 is 10.1 Å². The fraction of sp³-hybridized carbons (Fsp3) is 1.00. The second-order valence-corrected chi connectivity index (χ2v) is 5.52. The second-order valence-electron chi connectivity index (χ2n) is 3.58. The van der Waals surface area contributed by atoms with Crippen molar-refractivity contribution < 1.29 is 23.2 Å². The third-order valence-corrected chi connectivity index (χ3v) is 4.03. The third-order valence-electron chi connectivity index (χ3n) is 2.38. The minimum atomic E-state index is -4.15. The third kappa shape index (κ3) is 3.91. The molecule has 3 N–H and O–H groups in total. The van der Waals surface area contributed by atoms with Crippen LogP contribution in [0.5, 0.6) is 0 Å². The van der Waals surface area contributed by atoms with E-state index in [2.05, 4.69) is 0 Å². The number of aliphatic hydroxyl groups is 2. The van der Waals surface area contributed by atoms with Gasteiger partial charge in [0.25, 0.3) is 10.1 Å². The van der Waals surface area contributed by atoms with Crippen LogP contribution in [-0.2, 0) is 10.1 Å². The summed E-state index contributed by atoms with van der Waals surface area (Å²) in [6.45, 7) is 1.12. The van der Waals surface area contributed by atoms with Crippen LogP contribution < -0.4 is 0 Å². The number of hydrogen-bond acceptors (Lipinski definition) is 4. The molecular weight excluding hydrogens is 208 g/mol. The lowest BCUT2D eigenvalue weighted by Gasteiger charge is -2.25. The quantitative estimate of drug-likeness (QED) is 0.425. The fourth-order valence-corrected chi connectivity index (χ4v) is 1.98. The summed E-state index contributed by atoms with van der Waals surface area (Å²) < 4.78 is 29.7. The molecule has 0 aliphatic heterocycles. The van der Waals surface area contributed by atoms with Gasteiger partial charge in [0.05, 0.1) is 4.75 Å². The maximum absolute atomic E-state index is 11.0. The molecule has 0 rings (SSSR count). The Hall–Kier alpha value is -0.170. The maximum atomic E-state index is 11.0. The maximum Gasteiger partial charge on any atom is 0.270 e. The minimum Gasteiger partial charge on any atom is -0.396 e. The molecule has 0 saturated carbocycles. The zero-order chi connectivity index (χ0) is 11.2. The summed E-state index contributed by atoms with van der Waals surface area (Å²) in [5.74, 6) is 0. The monoisotopic (exact) mass is 226 g/mol. The van der Waals surface area contributed by atoms with E-state index in [-0.39, 0.29) is 26.1 Å². The lowest BCUT2D eigenvalue weighted by Crippen LogP contribution is -2.36. The molecule has 0 aliphatic carbocycles. The van der Waals surface area contributed by atoms with Gasteiger partial charge >= 0.3 is 0 Å². The summed E-state index contributed by atoms with van der Waals surface area (Å²) in [4.78, 5) is 0. The van der Waals surface area contributed by atoms with Gasteiger partial charge in [-0.05, 0) is 32.6 Å². The topological polar surface area (TPSA) is 94.8 Å². The van der Waals surface area contributed by atoms with Gasteiger partial charge < -0.3 is 10.2 Å².